The molecule has 0 radical (unpaired) electrons. The molecule has 0 atom stereocenters. The molecule has 4 rings (SSSR count). The van der Waals surface area contributed by atoms with Crippen LogP contribution < -0.4 is 11.5 Å². The van der Waals surface area contributed by atoms with Crippen molar-refractivity contribution in [1.82, 2.24) is 19.8 Å². The van der Waals surface area contributed by atoms with Gasteiger partial charge in [-0.05, 0) is 31.6 Å². The lowest BCUT2D eigenvalue weighted by atomic mass is 9.87. The molecule has 3 fully saturated rings. The summed E-state index contributed by atoms with van der Waals surface area (Å²) in [4.78, 5) is 36.7. The molecule has 4 N–H and O–H groups in total. The molecule has 0 saturated carbocycles. The Bertz CT molecular complexity index is 826. The lowest BCUT2D eigenvalue weighted by Crippen LogP contribution is -2.54. The second-order valence-electron chi connectivity index (χ2n) is 7.92. The normalized spacial score (nSPS) is 22.4. The van der Waals surface area contributed by atoms with Crippen LogP contribution in [0.5, 0.6) is 0 Å². The van der Waals surface area contributed by atoms with Gasteiger partial charge in [-0.2, -0.15) is 5.10 Å². The molecule has 30 heavy (non-hydrogen) atoms. The van der Waals surface area contributed by atoms with Crippen molar-refractivity contribution in [2.75, 3.05) is 46.1 Å². The van der Waals surface area contributed by atoms with E-state index in [4.69, 9.17) is 20.9 Å². The second-order valence-corrected chi connectivity index (χ2v) is 7.92. The van der Waals surface area contributed by atoms with Crippen molar-refractivity contribution >= 4 is 17.7 Å². The van der Waals surface area contributed by atoms with Gasteiger partial charge in [-0.15, -0.1) is 0 Å². The fourth-order valence-corrected chi connectivity index (χ4v) is 4.66. The first-order valence-corrected chi connectivity index (χ1v) is 10.4. The lowest BCUT2D eigenvalue weighted by Gasteiger charge is -2.41. The number of aromatic nitrogens is 2. The predicted molar refractivity (Wildman–Crippen MR) is 104 cm³/mol. The number of hydrazine groups is 1. The number of rotatable bonds is 5. The number of carbonyl (C=O) groups excluding carboxylic acids is 3. The molecule has 0 spiro atoms. The number of nitrogens with two attached hydrogens (primary N) is 2. The van der Waals surface area contributed by atoms with E-state index in [1.807, 2.05) is 5.01 Å². The van der Waals surface area contributed by atoms with Crippen LogP contribution in [0, 0.1) is 0 Å². The molecule has 4 heterocycles. The molecule has 1 aromatic rings. The SMILES string of the molecule is NC(=O)c1nn(C2CCOCC2)c(C(N)=O)c1C1CCN(N2CCOCC2=O)CC1. The number of hydrogen-bond acceptors (Lipinski definition) is 7. The average molecular weight is 420 g/mol. The van der Waals surface area contributed by atoms with Gasteiger partial charge in [0.2, 0.25) is 0 Å². The van der Waals surface area contributed by atoms with E-state index in [1.165, 1.54) is 0 Å². The first-order valence-electron chi connectivity index (χ1n) is 10.4. The molecule has 164 valence electrons. The van der Waals surface area contributed by atoms with Crippen LogP contribution in [0.3, 0.4) is 0 Å². The van der Waals surface area contributed by atoms with Crippen LogP contribution in [0.25, 0.3) is 0 Å². The highest BCUT2D eigenvalue weighted by Gasteiger charge is 2.36. The van der Waals surface area contributed by atoms with Crippen molar-refractivity contribution in [2.45, 2.75) is 37.6 Å². The van der Waals surface area contributed by atoms with E-state index in [2.05, 4.69) is 5.10 Å². The third-order valence-electron chi connectivity index (χ3n) is 6.13. The third-order valence-corrected chi connectivity index (χ3v) is 6.13. The van der Waals surface area contributed by atoms with Gasteiger partial charge in [0.05, 0.1) is 19.2 Å². The van der Waals surface area contributed by atoms with Crippen molar-refractivity contribution in [1.29, 1.82) is 0 Å². The Morgan fingerprint density at radius 2 is 1.63 bits per heavy atom. The highest BCUT2D eigenvalue weighted by Crippen LogP contribution is 2.35. The lowest BCUT2D eigenvalue weighted by molar-refractivity contribution is -0.167. The van der Waals surface area contributed by atoms with Crippen LogP contribution in [0.4, 0.5) is 0 Å². The van der Waals surface area contributed by atoms with Crippen LogP contribution in [0.1, 0.15) is 64.2 Å². The van der Waals surface area contributed by atoms with Gasteiger partial charge in [0.15, 0.2) is 5.69 Å². The zero-order chi connectivity index (χ0) is 21.3. The summed E-state index contributed by atoms with van der Waals surface area (Å²) in [5.41, 5.74) is 12.3. The molecule has 0 bridgehead atoms. The molecular formula is C19H28N6O5. The molecule has 0 aromatic carbocycles. The minimum atomic E-state index is -0.663. The number of carbonyl (C=O) groups is 3. The van der Waals surface area contributed by atoms with Crippen LogP contribution in [-0.4, -0.2) is 83.6 Å². The topological polar surface area (TPSA) is 146 Å². The van der Waals surface area contributed by atoms with Crippen LogP contribution in [0.15, 0.2) is 0 Å². The van der Waals surface area contributed by atoms with E-state index in [1.54, 1.807) is 9.69 Å². The predicted octanol–water partition coefficient (Wildman–Crippen LogP) is -0.614. The summed E-state index contributed by atoms with van der Waals surface area (Å²) < 4.78 is 12.2. The van der Waals surface area contributed by atoms with Crippen molar-refractivity contribution in [2.24, 2.45) is 11.5 Å². The quantitative estimate of drug-likeness (QED) is 0.646. The highest BCUT2D eigenvalue weighted by molar-refractivity contribution is 5.99. The monoisotopic (exact) mass is 420 g/mol. The Morgan fingerprint density at radius 1 is 0.933 bits per heavy atom. The Hall–Kier alpha value is -2.50. The summed E-state index contributed by atoms with van der Waals surface area (Å²) in [7, 11) is 0. The maximum absolute atomic E-state index is 12.4. The van der Waals surface area contributed by atoms with E-state index >= 15 is 0 Å². The van der Waals surface area contributed by atoms with E-state index < -0.39 is 11.8 Å². The van der Waals surface area contributed by atoms with Gasteiger partial charge in [-0.3, -0.25) is 24.1 Å². The van der Waals surface area contributed by atoms with Gasteiger partial charge in [0.1, 0.15) is 12.3 Å². The highest BCUT2D eigenvalue weighted by atomic mass is 16.5. The molecule has 11 heteroatoms. The Kier molecular flexibility index (Phi) is 6.02. The minimum Gasteiger partial charge on any atom is -0.381 e. The maximum atomic E-state index is 12.4. The van der Waals surface area contributed by atoms with Gasteiger partial charge in [-0.25, -0.2) is 5.01 Å². The number of nitrogens with zero attached hydrogens (tertiary/aromatic N) is 4. The Morgan fingerprint density at radius 3 is 2.23 bits per heavy atom. The summed E-state index contributed by atoms with van der Waals surface area (Å²) in [6.45, 7) is 3.51. The second kappa shape index (κ2) is 8.70. The molecule has 11 nitrogen and oxygen atoms in total. The van der Waals surface area contributed by atoms with Crippen LogP contribution in [0.2, 0.25) is 0 Å². The molecule has 3 amide bonds. The van der Waals surface area contributed by atoms with Gasteiger partial charge >= 0.3 is 0 Å². The van der Waals surface area contributed by atoms with E-state index in [-0.39, 0.29) is 35.9 Å². The molecule has 3 saturated heterocycles. The Labute approximate surface area is 174 Å². The number of hydrogen-bond donors (Lipinski definition) is 2. The van der Waals surface area contributed by atoms with Gasteiger partial charge in [0.25, 0.3) is 17.7 Å². The molecule has 3 aliphatic rings. The van der Waals surface area contributed by atoms with E-state index in [0.29, 0.717) is 70.7 Å². The summed E-state index contributed by atoms with van der Waals surface area (Å²) >= 11 is 0. The molecular weight excluding hydrogens is 392 g/mol. The smallest absolute Gasteiger partial charge is 0.269 e. The van der Waals surface area contributed by atoms with Crippen molar-refractivity contribution in [3.8, 4) is 0 Å². The molecule has 0 unspecified atom stereocenters. The van der Waals surface area contributed by atoms with Gasteiger partial charge < -0.3 is 20.9 Å². The Balaban J connectivity index is 1.60. The fourth-order valence-electron chi connectivity index (χ4n) is 4.66. The summed E-state index contributed by atoms with van der Waals surface area (Å²) in [6.07, 6.45) is 2.70. The number of piperidine rings is 1. The van der Waals surface area contributed by atoms with Crippen molar-refractivity contribution in [3.63, 3.8) is 0 Å². The van der Waals surface area contributed by atoms with Crippen molar-refractivity contribution in [3.05, 3.63) is 17.0 Å². The third kappa shape index (κ3) is 3.92. The average Bonchev–Trinajstić information content (AvgIpc) is 3.16. The maximum Gasteiger partial charge on any atom is 0.269 e. The first kappa shape index (κ1) is 20.8. The number of amides is 3. The van der Waals surface area contributed by atoms with Gasteiger partial charge in [-0.1, -0.05) is 0 Å². The first-order chi connectivity index (χ1) is 14.5. The summed E-state index contributed by atoms with van der Waals surface area (Å²) in [5.74, 6) is -1.41. The largest absolute Gasteiger partial charge is 0.381 e. The summed E-state index contributed by atoms with van der Waals surface area (Å²) in [5, 5.41) is 8.19. The van der Waals surface area contributed by atoms with E-state index in [9.17, 15) is 14.4 Å². The standard InChI is InChI=1S/C19H28N6O5/c20-18(27)16-15(17(19(21)28)25(22-16)13-3-8-29-9-4-13)12-1-5-23(6-2-12)24-7-10-30-11-14(24)26/h12-13H,1-11H2,(H2,20,27)(H2,21,28). The van der Waals surface area contributed by atoms with Gasteiger partial charge in [0, 0.05) is 31.9 Å². The van der Waals surface area contributed by atoms with Crippen molar-refractivity contribution < 1.29 is 23.9 Å². The molecule has 3 aliphatic heterocycles. The number of ether oxygens (including phenoxy) is 2. The number of morpholine rings is 1. The van der Waals surface area contributed by atoms with E-state index in [0.717, 1.165) is 0 Å². The summed E-state index contributed by atoms with van der Waals surface area (Å²) in [6, 6.07) is -0.0563. The zero-order valence-electron chi connectivity index (χ0n) is 16.9. The van der Waals surface area contributed by atoms with Crippen LogP contribution >= 0.6 is 0 Å². The fraction of sp³-hybridized carbons (Fsp3) is 0.684. The zero-order valence-corrected chi connectivity index (χ0v) is 16.9. The molecule has 0 aliphatic carbocycles. The van der Waals surface area contributed by atoms with Crippen LogP contribution in [-0.2, 0) is 14.3 Å². The molecule has 1 aromatic heterocycles. The minimum absolute atomic E-state index is 0.0531. The number of primary amides is 2.